The summed E-state index contributed by atoms with van der Waals surface area (Å²) in [6, 6.07) is 7.64. The second-order valence-corrected chi connectivity index (χ2v) is 5.32. The third kappa shape index (κ3) is 3.55. The van der Waals surface area contributed by atoms with E-state index in [-0.39, 0.29) is 6.61 Å². The lowest BCUT2D eigenvalue weighted by atomic mass is 10.1. The third-order valence-corrected chi connectivity index (χ3v) is 3.69. The first kappa shape index (κ1) is 13.1. The Morgan fingerprint density at radius 1 is 1.25 bits per heavy atom. The molecular formula is C11H16O4Si. The van der Waals surface area contributed by atoms with Gasteiger partial charge in [-0.1, -0.05) is 36.9 Å². The maximum absolute atomic E-state index is 9.65. The highest BCUT2D eigenvalue weighted by atomic mass is 28.4. The van der Waals surface area contributed by atoms with Crippen molar-refractivity contribution in [2.75, 3.05) is 14.2 Å². The Morgan fingerprint density at radius 3 is 2.25 bits per heavy atom. The van der Waals surface area contributed by atoms with E-state index in [1.54, 1.807) is 6.08 Å². The van der Waals surface area contributed by atoms with Gasteiger partial charge in [0.15, 0.2) is 0 Å². The van der Waals surface area contributed by atoms with Gasteiger partial charge in [-0.3, -0.25) is 0 Å². The molecule has 0 aliphatic carbocycles. The summed E-state index contributed by atoms with van der Waals surface area (Å²) in [5.74, 6) is 0. The average Bonchev–Trinajstić information content (AvgIpc) is 2.36. The molecule has 1 rings (SSSR count). The second kappa shape index (κ2) is 5.93. The Morgan fingerprint density at radius 2 is 1.81 bits per heavy atom. The number of rotatable bonds is 6. The van der Waals surface area contributed by atoms with Crippen LogP contribution in [0.3, 0.4) is 0 Å². The van der Waals surface area contributed by atoms with Gasteiger partial charge in [0.05, 0.1) is 6.61 Å². The van der Waals surface area contributed by atoms with Gasteiger partial charge in [-0.15, -0.1) is 0 Å². The van der Waals surface area contributed by atoms with E-state index in [4.69, 9.17) is 13.3 Å². The molecule has 0 fully saturated rings. The fourth-order valence-corrected chi connectivity index (χ4v) is 1.88. The Labute approximate surface area is 96.6 Å². The Kier molecular flexibility index (Phi) is 4.85. The van der Waals surface area contributed by atoms with Gasteiger partial charge >= 0.3 is 9.05 Å². The molecule has 0 aromatic heterocycles. The highest BCUT2D eigenvalue weighted by Gasteiger charge is 2.38. The molecule has 0 saturated carbocycles. The monoisotopic (exact) mass is 240 g/mol. The Bertz CT molecular complexity index is 332. The molecule has 0 aliphatic heterocycles. The van der Waals surface area contributed by atoms with Gasteiger partial charge < -0.3 is 18.1 Å². The first-order valence-electron chi connectivity index (χ1n) is 4.81. The largest absolute Gasteiger partial charge is 0.676 e. The minimum absolute atomic E-state index is 0.252. The van der Waals surface area contributed by atoms with Crippen molar-refractivity contribution in [1.82, 2.24) is 0 Å². The summed E-state index contributed by atoms with van der Waals surface area (Å²) in [6.07, 6.45) is 1.76. The van der Waals surface area contributed by atoms with Gasteiger partial charge in [0.2, 0.25) is 0 Å². The van der Waals surface area contributed by atoms with E-state index in [0.717, 1.165) is 11.1 Å². The van der Waals surface area contributed by atoms with Gasteiger partial charge in [-0.25, -0.2) is 0 Å². The van der Waals surface area contributed by atoms with Gasteiger partial charge in [0.1, 0.15) is 0 Å². The van der Waals surface area contributed by atoms with E-state index in [1.807, 2.05) is 24.3 Å². The van der Waals surface area contributed by atoms with Crippen LogP contribution in [0.25, 0.3) is 6.08 Å². The zero-order valence-corrected chi connectivity index (χ0v) is 10.5. The Balaban J connectivity index is 2.57. The van der Waals surface area contributed by atoms with Gasteiger partial charge in [0.25, 0.3) is 0 Å². The molecule has 0 radical (unpaired) electrons. The number of benzene rings is 1. The van der Waals surface area contributed by atoms with Gasteiger partial charge in [-0.05, 0) is 11.1 Å². The van der Waals surface area contributed by atoms with Crippen LogP contribution < -0.4 is 0 Å². The summed E-state index contributed by atoms with van der Waals surface area (Å²) in [5, 5.41) is 0. The van der Waals surface area contributed by atoms with Crippen LogP contribution in [0.5, 0.6) is 0 Å². The lowest BCUT2D eigenvalue weighted by Gasteiger charge is -2.18. The Hall–Kier alpha value is -0.983. The molecule has 0 heterocycles. The van der Waals surface area contributed by atoms with Crippen molar-refractivity contribution in [2.24, 2.45) is 0 Å². The minimum Gasteiger partial charge on any atom is -0.367 e. The fourth-order valence-electron chi connectivity index (χ4n) is 1.13. The first-order chi connectivity index (χ1) is 7.63. The summed E-state index contributed by atoms with van der Waals surface area (Å²) >= 11 is 0. The van der Waals surface area contributed by atoms with Crippen LogP contribution in [0.1, 0.15) is 11.1 Å². The van der Waals surface area contributed by atoms with Crippen molar-refractivity contribution in [3.05, 3.63) is 42.0 Å². The van der Waals surface area contributed by atoms with Crippen LogP contribution in [-0.4, -0.2) is 28.1 Å². The maximum atomic E-state index is 9.65. The molecule has 0 unspecified atom stereocenters. The quantitative estimate of drug-likeness (QED) is 0.767. The van der Waals surface area contributed by atoms with Crippen molar-refractivity contribution in [2.45, 2.75) is 6.61 Å². The van der Waals surface area contributed by atoms with Crippen LogP contribution in [0.4, 0.5) is 0 Å². The van der Waals surface area contributed by atoms with Crippen LogP contribution in [0.15, 0.2) is 30.8 Å². The van der Waals surface area contributed by atoms with Gasteiger partial charge in [0, 0.05) is 14.2 Å². The summed E-state index contributed by atoms with van der Waals surface area (Å²) in [6.45, 7) is 3.92. The standard InChI is InChI=1S/C11H16O4Si/c1-4-10-5-7-11(8-6-10)9-15-16(12,13-2)14-3/h4-8,12H,1,9H2,2-3H3. The van der Waals surface area contributed by atoms with Crippen molar-refractivity contribution < 1.29 is 18.1 Å². The van der Waals surface area contributed by atoms with E-state index in [1.165, 1.54) is 14.2 Å². The number of hydrogen-bond donors (Lipinski definition) is 1. The molecular weight excluding hydrogens is 224 g/mol. The molecule has 1 aromatic carbocycles. The highest BCUT2D eigenvalue weighted by molar-refractivity contribution is 6.51. The van der Waals surface area contributed by atoms with E-state index in [9.17, 15) is 4.80 Å². The molecule has 16 heavy (non-hydrogen) atoms. The molecule has 5 heteroatoms. The molecule has 0 bridgehead atoms. The lowest BCUT2D eigenvalue weighted by Crippen LogP contribution is -2.43. The predicted molar refractivity (Wildman–Crippen MR) is 63.3 cm³/mol. The molecule has 1 N–H and O–H groups in total. The first-order valence-corrected chi connectivity index (χ1v) is 6.48. The fraction of sp³-hybridized carbons (Fsp3) is 0.273. The van der Waals surface area contributed by atoms with Crippen molar-refractivity contribution in [3.8, 4) is 0 Å². The minimum atomic E-state index is -3.42. The smallest absolute Gasteiger partial charge is 0.367 e. The van der Waals surface area contributed by atoms with Gasteiger partial charge in [-0.2, -0.15) is 0 Å². The second-order valence-electron chi connectivity index (χ2n) is 3.17. The molecule has 0 saturated heterocycles. The zero-order valence-electron chi connectivity index (χ0n) is 9.47. The third-order valence-electron chi connectivity index (χ3n) is 2.15. The lowest BCUT2D eigenvalue weighted by molar-refractivity contribution is 0.0175. The van der Waals surface area contributed by atoms with E-state index in [0.29, 0.717) is 0 Å². The molecule has 0 amide bonds. The summed E-state index contributed by atoms with van der Waals surface area (Å²) in [7, 11) is -0.707. The van der Waals surface area contributed by atoms with Crippen molar-refractivity contribution in [1.29, 1.82) is 0 Å². The summed E-state index contributed by atoms with van der Waals surface area (Å²) in [5.41, 5.74) is 1.97. The van der Waals surface area contributed by atoms with Crippen molar-refractivity contribution >= 4 is 15.1 Å². The average molecular weight is 240 g/mol. The molecule has 0 spiro atoms. The SMILES string of the molecule is C=Cc1ccc(CO[Si](O)(OC)OC)cc1. The van der Waals surface area contributed by atoms with Crippen LogP contribution in [0, 0.1) is 0 Å². The van der Waals surface area contributed by atoms with Crippen molar-refractivity contribution in [3.63, 3.8) is 0 Å². The van der Waals surface area contributed by atoms with Crippen LogP contribution >= 0.6 is 0 Å². The molecule has 0 aliphatic rings. The molecule has 1 aromatic rings. The summed E-state index contributed by atoms with van der Waals surface area (Å²) in [4.78, 5) is 9.65. The van der Waals surface area contributed by atoms with E-state index >= 15 is 0 Å². The number of hydrogen-bond acceptors (Lipinski definition) is 4. The maximum Gasteiger partial charge on any atom is 0.676 e. The topological polar surface area (TPSA) is 47.9 Å². The molecule has 4 nitrogen and oxygen atoms in total. The van der Waals surface area contributed by atoms with E-state index < -0.39 is 9.05 Å². The predicted octanol–water partition coefficient (Wildman–Crippen LogP) is 1.57. The highest BCUT2D eigenvalue weighted by Crippen LogP contribution is 2.10. The normalized spacial score (nSPS) is 11.4. The summed E-state index contributed by atoms with van der Waals surface area (Å²) < 4.78 is 14.8. The van der Waals surface area contributed by atoms with Crippen LogP contribution in [-0.2, 0) is 19.9 Å². The molecule has 88 valence electrons. The zero-order chi connectivity index (χ0) is 12.0. The molecule has 0 atom stereocenters. The van der Waals surface area contributed by atoms with E-state index in [2.05, 4.69) is 6.58 Å². The van der Waals surface area contributed by atoms with Crippen LogP contribution in [0.2, 0.25) is 0 Å².